The number of para-hydroxylation sites is 1. The van der Waals surface area contributed by atoms with Crippen molar-refractivity contribution in [2.24, 2.45) is 0 Å². The second-order valence-electron chi connectivity index (χ2n) is 14.8. The highest BCUT2D eigenvalue weighted by Gasteiger charge is 2.54. The summed E-state index contributed by atoms with van der Waals surface area (Å²) < 4.78 is 6.73. The van der Waals surface area contributed by atoms with Crippen LogP contribution in [0.4, 0.5) is 0 Å². The lowest BCUT2D eigenvalue weighted by atomic mass is 9.70. The molecule has 3 heteroatoms. The zero-order valence-electron chi connectivity index (χ0n) is 30.3. The second kappa shape index (κ2) is 11.8. The summed E-state index contributed by atoms with van der Waals surface area (Å²) in [7, 11) is 0. The van der Waals surface area contributed by atoms with Crippen molar-refractivity contribution in [1.29, 1.82) is 0 Å². The summed E-state index contributed by atoms with van der Waals surface area (Å²) in [5, 5.41) is 3.51. The molecule has 1 unspecified atom stereocenters. The Morgan fingerprint density at radius 3 is 1.88 bits per heavy atom. The summed E-state index contributed by atoms with van der Waals surface area (Å²) in [6.45, 7) is 0. The summed E-state index contributed by atoms with van der Waals surface area (Å²) in [6.07, 6.45) is 0. The summed E-state index contributed by atoms with van der Waals surface area (Å²) in [4.78, 5) is 10.5. The molecular weight excluding hydrogens is 681 g/mol. The fourth-order valence-electron chi connectivity index (χ4n) is 9.53. The zero-order chi connectivity index (χ0) is 36.8. The molecule has 56 heavy (non-hydrogen) atoms. The predicted molar refractivity (Wildman–Crippen MR) is 227 cm³/mol. The Hall–Kier alpha value is -7.36. The number of nitrogens with zero attached hydrogens (tertiary/aromatic N) is 2. The fourth-order valence-corrected chi connectivity index (χ4v) is 9.53. The van der Waals surface area contributed by atoms with Crippen molar-refractivity contribution >= 4 is 21.7 Å². The van der Waals surface area contributed by atoms with Gasteiger partial charge in [0.05, 0.1) is 16.8 Å². The van der Waals surface area contributed by atoms with Gasteiger partial charge in [-0.15, -0.1) is 0 Å². The first-order valence-electron chi connectivity index (χ1n) is 19.2. The average molecular weight is 713 g/mol. The maximum absolute atomic E-state index is 6.73. The molecule has 2 aromatic heterocycles. The van der Waals surface area contributed by atoms with Gasteiger partial charge >= 0.3 is 0 Å². The van der Waals surface area contributed by atoms with Crippen LogP contribution < -0.4 is 0 Å². The van der Waals surface area contributed by atoms with E-state index in [2.05, 4.69) is 188 Å². The minimum atomic E-state index is -0.515. The van der Waals surface area contributed by atoms with E-state index < -0.39 is 5.41 Å². The maximum Gasteiger partial charge on any atom is 0.160 e. The van der Waals surface area contributed by atoms with E-state index >= 15 is 0 Å². The van der Waals surface area contributed by atoms with Crippen molar-refractivity contribution in [3.63, 3.8) is 0 Å². The van der Waals surface area contributed by atoms with Crippen LogP contribution in [0.25, 0.3) is 89.2 Å². The lowest BCUT2D eigenvalue weighted by Gasteiger charge is -2.30. The molecule has 2 aliphatic rings. The first kappa shape index (κ1) is 31.0. The first-order chi connectivity index (χ1) is 27.8. The Morgan fingerprint density at radius 1 is 0.375 bits per heavy atom. The molecule has 2 aliphatic carbocycles. The van der Waals surface area contributed by atoms with Crippen LogP contribution in [0.3, 0.4) is 0 Å². The van der Waals surface area contributed by atoms with Crippen LogP contribution in [0.2, 0.25) is 0 Å². The molecule has 0 fully saturated rings. The molecule has 0 N–H and O–H groups in total. The third-order valence-electron chi connectivity index (χ3n) is 11.9. The van der Waals surface area contributed by atoms with Crippen LogP contribution in [0.1, 0.15) is 22.3 Å². The van der Waals surface area contributed by atoms with E-state index in [1.165, 1.54) is 44.2 Å². The molecule has 8 aromatic carbocycles. The van der Waals surface area contributed by atoms with Gasteiger partial charge in [0.1, 0.15) is 11.3 Å². The van der Waals surface area contributed by atoms with Crippen molar-refractivity contribution < 1.29 is 4.42 Å². The molecule has 3 nitrogen and oxygen atoms in total. The lowest BCUT2D eigenvalue weighted by molar-refractivity contribution is 0.628. The van der Waals surface area contributed by atoms with E-state index in [-0.39, 0.29) is 0 Å². The molecule has 0 saturated heterocycles. The Labute approximate surface area is 324 Å². The number of furan rings is 1. The molecule has 0 saturated carbocycles. The molecular formula is C53H32N2O. The van der Waals surface area contributed by atoms with Crippen molar-refractivity contribution in [2.75, 3.05) is 0 Å². The quantitative estimate of drug-likeness (QED) is 0.182. The van der Waals surface area contributed by atoms with Crippen LogP contribution >= 0.6 is 0 Å². The van der Waals surface area contributed by atoms with Crippen molar-refractivity contribution in [3.8, 4) is 67.5 Å². The molecule has 0 amide bonds. The van der Waals surface area contributed by atoms with Gasteiger partial charge in [-0.2, -0.15) is 0 Å². The van der Waals surface area contributed by atoms with Crippen molar-refractivity contribution in [2.45, 2.75) is 5.41 Å². The van der Waals surface area contributed by atoms with Gasteiger partial charge in [-0.05, 0) is 74.0 Å². The monoisotopic (exact) mass is 712 g/mol. The fraction of sp³-hybridized carbons (Fsp3) is 0.0189. The van der Waals surface area contributed by atoms with Crippen LogP contribution in [0, 0.1) is 0 Å². The van der Waals surface area contributed by atoms with E-state index in [1.54, 1.807) is 0 Å². The number of benzene rings is 8. The Morgan fingerprint density at radius 2 is 0.982 bits per heavy atom. The van der Waals surface area contributed by atoms with Gasteiger partial charge in [0.25, 0.3) is 0 Å². The van der Waals surface area contributed by atoms with Crippen molar-refractivity contribution in [1.82, 2.24) is 9.97 Å². The van der Waals surface area contributed by atoms with Crippen LogP contribution in [-0.2, 0) is 5.41 Å². The Bertz CT molecular complexity index is 3210. The average Bonchev–Trinajstić information content (AvgIpc) is 3.90. The van der Waals surface area contributed by atoms with Crippen LogP contribution in [0.15, 0.2) is 199 Å². The SMILES string of the molecule is c1ccc(-c2cc(-c3cccc4ccccc34)nc(-c3cccc(-c4ccc5c(c4)C4(c6ccccc6-5)c5ccccc5-c5oc6ccccc6c54)c3)n2)cc1. The highest BCUT2D eigenvalue weighted by atomic mass is 16.3. The van der Waals surface area contributed by atoms with E-state index in [0.717, 1.165) is 61.5 Å². The van der Waals surface area contributed by atoms with Gasteiger partial charge in [-0.3, -0.25) is 0 Å². The molecule has 10 aromatic rings. The Kier molecular flexibility index (Phi) is 6.55. The molecule has 0 radical (unpaired) electrons. The minimum Gasteiger partial charge on any atom is -0.456 e. The summed E-state index contributed by atoms with van der Waals surface area (Å²) >= 11 is 0. The number of rotatable bonds is 4. The summed E-state index contributed by atoms with van der Waals surface area (Å²) in [5.41, 5.74) is 16.3. The molecule has 0 bridgehead atoms. The van der Waals surface area contributed by atoms with E-state index in [1.807, 2.05) is 6.07 Å². The normalized spacial score (nSPS) is 14.9. The van der Waals surface area contributed by atoms with E-state index in [4.69, 9.17) is 14.4 Å². The number of fused-ring (bicyclic) bond motifs is 13. The summed E-state index contributed by atoms with van der Waals surface area (Å²) in [5.74, 6) is 1.66. The van der Waals surface area contributed by atoms with Gasteiger partial charge in [0.2, 0.25) is 0 Å². The molecule has 12 rings (SSSR count). The highest BCUT2D eigenvalue weighted by molar-refractivity contribution is 6.02. The highest BCUT2D eigenvalue weighted by Crippen LogP contribution is 2.65. The van der Waals surface area contributed by atoms with Gasteiger partial charge in [0, 0.05) is 33.2 Å². The lowest BCUT2D eigenvalue weighted by Crippen LogP contribution is -2.25. The molecule has 0 aliphatic heterocycles. The molecule has 2 heterocycles. The second-order valence-corrected chi connectivity index (χ2v) is 14.8. The maximum atomic E-state index is 6.73. The number of hydrogen-bond donors (Lipinski definition) is 0. The molecule has 1 atom stereocenters. The van der Waals surface area contributed by atoms with E-state index in [0.29, 0.717) is 5.82 Å². The number of aromatic nitrogens is 2. The van der Waals surface area contributed by atoms with Gasteiger partial charge in [0.15, 0.2) is 5.82 Å². The number of hydrogen-bond acceptors (Lipinski definition) is 3. The largest absolute Gasteiger partial charge is 0.456 e. The van der Waals surface area contributed by atoms with Crippen LogP contribution in [0.5, 0.6) is 0 Å². The van der Waals surface area contributed by atoms with Gasteiger partial charge in [-0.25, -0.2) is 9.97 Å². The van der Waals surface area contributed by atoms with Gasteiger partial charge < -0.3 is 4.42 Å². The predicted octanol–water partition coefficient (Wildman–Crippen LogP) is 13.4. The third-order valence-corrected chi connectivity index (χ3v) is 11.9. The zero-order valence-corrected chi connectivity index (χ0v) is 30.3. The standard InChI is InChI=1S/C53H32N2O/c1-2-15-34(16-3-1)47-32-48(41-24-13-17-33-14-4-5-20-38(33)41)55-52(54-47)37-19-12-18-35(30-37)36-28-29-40-39-21-6-9-25-44(39)53(46(40)31-36)45-26-10-7-22-42(45)51-50(53)43-23-8-11-27-49(43)56-51/h1-32H. The topological polar surface area (TPSA) is 38.9 Å². The molecule has 260 valence electrons. The van der Waals surface area contributed by atoms with Gasteiger partial charge in [-0.1, -0.05) is 170 Å². The third kappa shape index (κ3) is 4.34. The Balaban J connectivity index is 1.06. The smallest absolute Gasteiger partial charge is 0.160 e. The first-order valence-corrected chi connectivity index (χ1v) is 19.2. The summed E-state index contributed by atoms with van der Waals surface area (Å²) in [6, 6.07) is 69.4. The minimum absolute atomic E-state index is 0.515. The van der Waals surface area contributed by atoms with E-state index in [9.17, 15) is 0 Å². The molecule has 1 spiro atoms. The van der Waals surface area contributed by atoms with Crippen LogP contribution in [-0.4, -0.2) is 9.97 Å². The van der Waals surface area contributed by atoms with Crippen molar-refractivity contribution in [3.05, 3.63) is 216 Å².